The van der Waals surface area contributed by atoms with Crippen LogP contribution < -0.4 is 0 Å². The second kappa shape index (κ2) is 5.81. The van der Waals surface area contributed by atoms with Gasteiger partial charge in [-0.2, -0.15) is 5.26 Å². The molecule has 0 bridgehead atoms. The van der Waals surface area contributed by atoms with Gasteiger partial charge in [0.05, 0.1) is 6.07 Å². The van der Waals surface area contributed by atoms with Gasteiger partial charge in [0.15, 0.2) is 5.78 Å². The Kier molecular flexibility index (Phi) is 4.11. The summed E-state index contributed by atoms with van der Waals surface area (Å²) in [4.78, 5) is 12.2. The van der Waals surface area contributed by atoms with E-state index in [2.05, 4.69) is 0 Å². The smallest absolute Gasteiger partial charge is 0.184 e. The first-order valence-corrected chi connectivity index (χ1v) is 6.04. The average molecular weight is 292 g/mol. The molecular weight excluding hydrogens is 284 g/mol. The van der Waals surface area contributed by atoms with Crippen LogP contribution in [0.4, 0.5) is 8.78 Å². The Bertz CT molecular complexity index is 689. The number of hydrogen-bond acceptors (Lipinski definition) is 2. The van der Waals surface area contributed by atoms with Gasteiger partial charge in [-0.25, -0.2) is 8.78 Å². The summed E-state index contributed by atoms with van der Waals surface area (Å²) >= 11 is 5.78. The zero-order valence-electron chi connectivity index (χ0n) is 10.1. The lowest BCUT2D eigenvalue weighted by molar-refractivity contribution is 0.0979. The third-order valence-electron chi connectivity index (χ3n) is 2.72. The molecule has 0 aromatic heterocycles. The number of nitrogens with zero attached hydrogens (tertiary/aromatic N) is 1. The summed E-state index contributed by atoms with van der Waals surface area (Å²) in [5.74, 6) is -3.50. The fraction of sp³-hybridized carbons (Fsp3) is 0.0667. The lowest BCUT2D eigenvalue weighted by Crippen LogP contribution is -2.12. The summed E-state index contributed by atoms with van der Waals surface area (Å²) < 4.78 is 26.3. The molecule has 100 valence electrons. The van der Waals surface area contributed by atoms with E-state index in [4.69, 9.17) is 16.9 Å². The van der Waals surface area contributed by atoms with E-state index in [0.717, 1.165) is 12.1 Å². The van der Waals surface area contributed by atoms with Crippen LogP contribution in [0, 0.1) is 23.0 Å². The number of nitriles is 1. The van der Waals surface area contributed by atoms with Gasteiger partial charge in [0.2, 0.25) is 0 Å². The summed E-state index contributed by atoms with van der Waals surface area (Å²) in [6.45, 7) is 0. The first-order chi connectivity index (χ1) is 9.51. The molecule has 1 unspecified atom stereocenters. The van der Waals surface area contributed by atoms with Crippen LogP contribution in [0.3, 0.4) is 0 Å². The molecule has 2 nitrogen and oxygen atoms in total. The maximum absolute atomic E-state index is 13.2. The molecule has 0 N–H and O–H groups in total. The minimum Gasteiger partial charge on any atom is -0.292 e. The highest BCUT2D eigenvalue weighted by Crippen LogP contribution is 2.23. The molecule has 0 amide bonds. The molecule has 0 saturated heterocycles. The molecule has 0 fully saturated rings. The quantitative estimate of drug-likeness (QED) is 0.799. The summed E-state index contributed by atoms with van der Waals surface area (Å²) in [5, 5.41) is 9.46. The summed E-state index contributed by atoms with van der Waals surface area (Å²) in [6, 6.07) is 10.4. The van der Waals surface area contributed by atoms with Crippen LogP contribution in [-0.2, 0) is 0 Å². The Morgan fingerprint density at radius 1 is 1.15 bits per heavy atom. The Hall–Kier alpha value is -2.25. The first kappa shape index (κ1) is 14.2. The molecule has 0 heterocycles. The molecule has 2 aromatic rings. The molecule has 5 heteroatoms. The highest BCUT2D eigenvalue weighted by Gasteiger charge is 2.23. The lowest BCUT2D eigenvalue weighted by Gasteiger charge is -2.09. The number of benzene rings is 2. The second-order valence-electron chi connectivity index (χ2n) is 4.14. The zero-order chi connectivity index (χ0) is 14.7. The monoisotopic (exact) mass is 291 g/mol. The van der Waals surface area contributed by atoms with Crippen molar-refractivity contribution in [3.8, 4) is 6.07 Å². The van der Waals surface area contributed by atoms with Crippen LogP contribution >= 0.6 is 11.6 Å². The van der Waals surface area contributed by atoms with E-state index in [0.29, 0.717) is 11.1 Å². The molecule has 0 aliphatic carbocycles. The van der Waals surface area contributed by atoms with Gasteiger partial charge < -0.3 is 0 Å². The third-order valence-corrected chi connectivity index (χ3v) is 2.95. The normalized spacial score (nSPS) is 11.7. The van der Waals surface area contributed by atoms with Crippen LogP contribution in [0.5, 0.6) is 0 Å². The maximum atomic E-state index is 13.2. The van der Waals surface area contributed by atoms with Crippen molar-refractivity contribution >= 4 is 17.4 Å². The highest BCUT2D eigenvalue weighted by molar-refractivity contribution is 6.31. The van der Waals surface area contributed by atoms with Gasteiger partial charge in [-0.05, 0) is 29.8 Å². The Labute approximate surface area is 119 Å². The fourth-order valence-corrected chi connectivity index (χ4v) is 2.03. The molecule has 2 aromatic carbocycles. The number of Topliss-reactive ketones (excluding diaryl/α,β-unsaturated/α-hetero) is 1. The van der Waals surface area contributed by atoms with Crippen molar-refractivity contribution < 1.29 is 13.6 Å². The number of carbonyl (C=O) groups is 1. The molecule has 0 spiro atoms. The lowest BCUT2D eigenvalue weighted by atomic mass is 9.92. The van der Waals surface area contributed by atoms with Crippen molar-refractivity contribution in [1.82, 2.24) is 0 Å². The minimum absolute atomic E-state index is 0.0185. The molecule has 2 rings (SSSR count). The van der Waals surface area contributed by atoms with Crippen molar-refractivity contribution in [1.29, 1.82) is 5.26 Å². The van der Waals surface area contributed by atoms with Crippen LogP contribution in [0.2, 0.25) is 5.02 Å². The van der Waals surface area contributed by atoms with Crippen molar-refractivity contribution in [2.75, 3.05) is 0 Å². The summed E-state index contributed by atoms with van der Waals surface area (Å²) in [6.07, 6.45) is 0. The van der Waals surface area contributed by atoms with Gasteiger partial charge in [-0.1, -0.05) is 23.7 Å². The fourth-order valence-electron chi connectivity index (χ4n) is 1.83. The Morgan fingerprint density at radius 3 is 2.35 bits per heavy atom. The SMILES string of the molecule is N#CC(C(=O)c1cccc(Cl)c1)c1cc(F)cc(F)c1. The number of rotatable bonds is 3. The largest absolute Gasteiger partial charge is 0.292 e. The third kappa shape index (κ3) is 3.01. The second-order valence-corrected chi connectivity index (χ2v) is 4.58. The van der Waals surface area contributed by atoms with Gasteiger partial charge in [-0.3, -0.25) is 4.79 Å². The van der Waals surface area contributed by atoms with Crippen molar-refractivity contribution in [3.05, 3.63) is 70.2 Å². The summed E-state index contributed by atoms with van der Waals surface area (Å²) in [7, 11) is 0. The number of ketones is 1. The Morgan fingerprint density at radius 2 is 1.80 bits per heavy atom. The van der Waals surface area contributed by atoms with E-state index in [1.54, 1.807) is 18.2 Å². The van der Waals surface area contributed by atoms with Crippen LogP contribution in [0.15, 0.2) is 42.5 Å². The van der Waals surface area contributed by atoms with E-state index in [1.807, 2.05) is 0 Å². The van der Waals surface area contributed by atoms with E-state index in [1.165, 1.54) is 12.1 Å². The van der Waals surface area contributed by atoms with Gasteiger partial charge >= 0.3 is 0 Å². The first-order valence-electron chi connectivity index (χ1n) is 5.66. The molecule has 0 aliphatic rings. The van der Waals surface area contributed by atoms with Crippen molar-refractivity contribution in [2.45, 2.75) is 5.92 Å². The minimum atomic E-state index is -1.28. The van der Waals surface area contributed by atoms with Crippen LogP contribution in [-0.4, -0.2) is 5.78 Å². The van der Waals surface area contributed by atoms with Crippen molar-refractivity contribution in [2.24, 2.45) is 0 Å². The average Bonchev–Trinajstić information content (AvgIpc) is 2.38. The van der Waals surface area contributed by atoms with Crippen LogP contribution in [0.25, 0.3) is 0 Å². The van der Waals surface area contributed by atoms with Crippen LogP contribution in [0.1, 0.15) is 21.8 Å². The molecule has 0 aliphatic heterocycles. The standard InChI is InChI=1S/C15H8ClF2NO/c16-11-3-1-2-9(4-11)15(20)14(8-19)10-5-12(17)7-13(18)6-10/h1-7,14H. The molecule has 20 heavy (non-hydrogen) atoms. The van der Waals surface area contributed by atoms with Gasteiger partial charge in [-0.15, -0.1) is 0 Å². The maximum Gasteiger partial charge on any atom is 0.184 e. The Balaban J connectivity index is 2.42. The zero-order valence-corrected chi connectivity index (χ0v) is 10.9. The molecule has 0 radical (unpaired) electrons. The van der Waals surface area contributed by atoms with Gasteiger partial charge in [0, 0.05) is 16.7 Å². The molecular formula is C15H8ClF2NO. The number of carbonyl (C=O) groups excluding carboxylic acids is 1. The highest BCUT2D eigenvalue weighted by atomic mass is 35.5. The number of halogens is 3. The van der Waals surface area contributed by atoms with E-state index in [9.17, 15) is 13.6 Å². The van der Waals surface area contributed by atoms with E-state index < -0.39 is 23.3 Å². The van der Waals surface area contributed by atoms with Gasteiger partial charge in [0.1, 0.15) is 17.6 Å². The van der Waals surface area contributed by atoms with E-state index >= 15 is 0 Å². The van der Waals surface area contributed by atoms with E-state index in [-0.39, 0.29) is 11.1 Å². The summed E-state index contributed by atoms with van der Waals surface area (Å²) in [5.41, 5.74) is 0.198. The topological polar surface area (TPSA) is 40.9 Å². The number of hydrogen-bond donors (Lipinski definition) is 0. The van der Waals surface area contributed by atoms with Crippen molar-refractivity contribution in [3.63, 3.8) is 0 Å². The predicted molar refractivity (Wildman–Crippen MR) is 70.5 cm³/mol. The molecule has 1 atom stereocenters. The predicted octanol–water partition coefficient (Wildman–Crippen LogP) is 4.11. The van der Waals surface area contributed by atoms with Gasteiger partial charge in [0.25, 0.3) is 0 Å². The molecule has 0 saturated carbocycles.